The lowest BCUT2D eigenvalue weighted by Gasteiger charge is -2.35. The molecule has 0 fully saturated rings. The molecule has 1 aliphatic heterocycles. The van der Waals surface area contributed by atoms with Gasteiger partial charge < -0.3 is 20.1 Å². The Kier molecular flexibility index (Phi) is 4.71. The zero-order valence-corrected chi connectivity index (χ0v) is 12.1. The summed E-state index contributed by atoms with van der Waals surface area (Å²) in [5.74, 6) is 0.513. The van der Waals surface area contributed by atoms with E-state index in [1.807, 2.05) is 30.0 Å². The fourth-order valence-corrected chi connectivity index (χ4v) is 2.28. The number of para-hydroxylation sites is 1. The van der Waals surface area contributed by atoms with Gasteiger partial charge in [0.1, 0.15) is 24.1 Å². The van der Waals surface area contributed by atoms with E-state index in [0.717, 1.165) is 24.3 Å². The molecule has 1 aliphatic rings. The molecule has 0 aliphatic carbocycles. The molecule has 5 heteroatoms. The molecule has 0 saturated carbocycles. The molecular formula is C15H22N2O3. The van der Waals surface area contributed by atoms with E-state index in [1.54, 1.807) is 0 Å². The summed E-state index contributed by atoms with van der Waals surface area (Å²) in [6, 6.07) is 5.17. The highest BCUT2D eigenvalue weighted by Crippen LogP contribution is 2.37. The molecule has 2 rings (SSSR count). The van der Waals surface area contributed by atoms with Crippen LogP contribution in [0, 0.1) is 0 Å². The third-order valence-electron chi connectivity index (χ3n) is 3.46. The number of hydrogen-bond donors (Lipinski definition) is 1. The van der Waals surface area contributed by atoms with Crippen molar-refractivity contribution in [1.82, 2.24) is 0 Å². The summed E-state index contributed by atoms with van der Waals surface area (Å²) in [6.07, 6.45) is 1.90. The van der Waals surface area contributed by atoms with Crippen LogP contribution in [0.3, 0.4) is 0 Å². The topological polar surface area (TPSA) is 64.8 Å². The number of fused-ring (bicyclic) bond motifs is 1. The van der Waals surface area contributed by atoms with E-state index < -0.39 is 0 Å². The van der Waals surface area contributed by atoms with Gasteiger partial charge in [0.15, 0.2) is 0 Å². The summed E-state index contributed by atoms with van der Waals surface area (Å²) in [6.45, 7) is 5.56. The molecule has 0 radical (unpaired) electrons. The third-order valence-corrected chi connectivity index (χ3v) is 3.46. The van der Waals surface area contributed by atoms with Crippen LogP contribution in [0.2, 0.25) is 0 Å². The molecule has 0 saturated heterocycles. The predicted molar refractivity (Wildman–Crippen MR) is 79.0 cm³/mol. The van der Waals surface area contributed by atoms with Crippen molar-refractivity contribution in [3.8, 4) is 5.75 Å². The molecule has 0 spiro atoms. The number of rotatable bonds is 5. The Morgan fingerprint density at radius 1 is 1.55 bits per heavy atom. The van der Waals surface area contributed by atoms with Crippen molar-refractivity contribution < 1.29 is 14.3 Å². The van der Waals surface area contributed by atoms with Crippen LogP contribution in [-0.2, 0) is 9.53 Å². The number of hydrogen-bond acceptors (Lipinski definition) is 5. The number of carbonyl (C=O) groups excluding carboxylic acids is 1. The Morgan fingerprint density at radius 3 is 3.10 bits per heavy atom. The summed E-state index contributed by atoms with van der Waals surface area (Å²) in [5.41, 5.74) is 7.43. The molecule has 1 heterocycles. The van der Waals surface area contributed by atoms with Crippen LogP contribution in [0.25, 0.3) is 0 Å². The Labute approximate surface area is 119 Å². The highest BCUT2D eigenvalue weighted by molar-refractivity contribution is 5.84. The standard InChI is InChI=1S/C15H22N2O3/c1-3-4-9-20-15(18)11(2)17-8-10-19-13-7-5-6-12(16)14(13)17/h5-7,11H,3-4,8-10,16H2,1-2H3. The lowest BCUT2D eigenvalue weighted by atomic mass is 10.1. The number of nitrogens with two attached hydrogens (primary N) is 1. The minimum atomic E-state index is -0.362. The molecule has 110 valence electrons. The van der Waals surface area contributed by atoms with Crippen molar-refractivity contribution in [3.63, 3.8) is 0 Å². The molecule has 0 bridgehead atoms. The summed E-state index contributed by atoms with van der Waals surface area (Å²) in [4.78, 5) is 14.1. The number of carbonyl (C=O) groups is 1. The number of ether oxygens (including phenoxy) is 2. The molecule has 1 unspecified atom stereocenters. The molecule has 20 heavy (non-hydrogen) atoms. The highest BCUT2D eigenvalue weighted by Gasteiger charge is 2.29. The molecule has 5 nitrogen and oxygen atoms in total. The van der Waals surface area contributed by atoms with Gasteiger partial charge in [-0.05, 0) is 25.5 Å². The second kappa shape index (κ2) is 6.50. The van der Waals surface area contributed by atoms with E-state index in [-0.39, 0.29) is 12.0 Å². The Balaban J connectivity index is 2.12. The van der Waals surface area contributed by atoms with E-state index in [4.69, 9.17) is 15.2 Å². The van der Waals surface area contributed by atoms with Gasteiger partial charge in [0.25, 0.3) is 0 Å². The number of esters is 1. The van der Waals surface area contributed by atoms with Gasteiger partial charge in [-0.15, -0.1) is 0 Å². The maximum atomic E-state index is 12.1. The molecule has 1 atom stereocenters. The van der Waals surface area contributed by atoms with E-state index in [9.17, 15) is 4.79 Å². The first kappa shape index (κ1) is 14.5. The first-order valence-corrected chi connectivity index (χ1v) is 7.09. The number of benzene rings is 1. The Morgan fingerprint density at radius 2 is 2.35 bits per heavy atom. The second-order valence-electron chi connectivity index (χ2n) is 4.93. The fraction of sp³-hybridized carbons (Fsp3) is 0.533. The summed E-state index contributed by atoms with van der Waals surface area (Å²) in [7, 11) is 0. The van der Waals surface area contributed by atoms with Gasteiger partial charge in [-0.3, -0.25) is 0 Å². The first-order valence-electron chi connectivity index (χ1n) is 7.09. The van der Waals surface area contributed by atoms with Crippen LogP contribution in [0.15, 0.2) is 18.2 Å². The minimum Gasteiger partial charge on any atom is -0.489 e. The van der Waals surface area contributed by atoms with Crippen LogP contribution in [0.1, 0.15) is 26.7 Å². The number of nitrogen functional groups attached to an aromatic ring is 1. The van der Waals surface area contributed by atoms with Crippen LogP contribution >= 0.6 is 0 Å². The lowest BCUT2D eigenvalue weighted by molar-refractivity contribution is -0.145. The van der Waals surface area contributed by atoms with Gasteiger partial charge in [0.2, 0.25) is 0 Å². The fourth-order valence-electron chi connectivity index (χ4n) is 2.28. The van der Waals surface area contributed by atoms with Crippen molar-refractivity contribution in [2.45, 2.75) is 32.7 Å². The molecule has 0 amide bonds. The van der Waals surface area contributed by atoms with E-state index >= 15 is 0 Å². The average Bonchev–Trinajstić information content (AvgIpc) is 2.46. The van der Waals surface area contributed by atoms with Crippen molar-refractivity contribution in [3.05, 3.63) is 18.2 Å². The monoisotopic (exact) mass is 278 g/mol. The zero-order valence-electron chi connectivity index (χ0n) is 12.1. The summed E-state index contributed by atoms with van der Waals surface area (Å²) < 4.78 is 10.9. The zero-order chi connectivity index (χ0) is 14.5. The molecule has 0 aromatic heterocycles. The van der Waals surface area contributed by atoms with Crippen LogP contribution in [0.5, 0.6) is 5.75 Å². The largest absolute Gasteiger partial charge is 0.489 e. The molecular weight excluding hydrogens is 256 g/mol. The quantitative estimate of drug-likeness (QED) is 0.508. The van der Waals surface area contributed by atoms with Crippen LogP contribution in [-0.4, -0.2) is 31.8 Å². The van der Waals surface area contributed by atoms with E-state index in [0.29, 0.717) is 25.4 Å². The maximum Gasteiger partial charge on any atom is 0.328 e. The molecule has 2 N–H and O–H groups in total. The van der Waals surface area contributed by atoms with Gasteiger partial charge in [-0.2, -0.15) is 0 Å². The van der Waals surface area contributed by atoms with Gasteiger partial charge in [-0.25, -0.2) is 4.79 Å². The van der Waals surface area contributed by atoms with Crippen LogP contribution < -0.4 is 15.4 Å². The van der Waals surface area contributed by atoms with Crippen molar-refractivity contribution >= 4 is 17.3 Å². The van der Waals surface area contributed by atoms with E-state index in [1.165, 1.54) is 0 Å². The summed E-state index contributed by atoms with van der Waals surface area (Å²) >= 11 is 0. The maximum absolute atomic E-state index is 12.1. The number of unbranched alkanes of at least 4 members (excludes halogenated alkanes) is 1. The van der Waals surface area contributed by atoms with Gasteiger partial charge in [-0.1, -0.05) is 19.4 Å². The van der Waals surface area contributed by atoms with Crippen molar-refractivity contribution in [2.24, 2.45) is 0 Å². The van der Waals surface area contributed by atoms with Gasteiger partial charge >= 0.3 is 5.97 Å². The lowest BCUT2D eigenvalue weighted by Crippen LogP contribution is -2.45. The predicted octanol–water partition coefficient (Wildman–Crippen LogP) is 2.20. The number of anilines is 2. The first-order chi connectivity index (χ1) is 9.65. The van der Waals surface area contributed by atoms with E-state index in [2.05, 4.69) is 6.92 Å². The molecule has 1 aromatic carbocycles. The summed E-state index contributed by atoms with van der Waals surface area (Å²) in [5, 5.41) is 0. The normalized spacial score (nSPS) is 15.2. The Bertz CT molecular complexity index is 476. The minimum absolute atomic E-state index is 0.213. The Hall–Kier alpha value is -1.91. The van der Waals surface area contributed by atoms with Crippen LogP contribution in [0.4, 0.5) is 11.4 Å². The highest BCUT2D eigenvalue weighted by atomic mass is 16.5. The number of nitrogens with zero attached hydrogens (tertiary/aromatic N) is 1. The SMILES string of the molecule is CCCCOC(=O)C(C)N1CCOc2cccc(N)c21. The van der Waals surface area contributed by atoms with Crippen molar-refractivity contribution in [1.29, 1.82) is 0 Å². The second-order valence-corrected chi connectivity index (χ2v) is 4.93. The van der Waals surface area contributed by atoms with Gasteiger partial charge in [0.05, 0.1) is 18.8 Å². The average molecular weight is 278 g/mol. The van der Waals surface area contributed by atoms with Gasteiger partial charge in [0, 0.05) is 0 Å². The van der Waals surface area contributed by atoms with Crippen molar-refractivity contribution in [2.75, 3.05) is 30.4 Å². The third kappa shape index (κ3) is 2.98. The smallest absolute Gasteiger partial charge is 0.328 e. The molecule has 1 aromatic rings.